The predicted molar refractivity (Wildman–Crippen MR) is 63.6 cm³/mol. The first kappa shape index (κ1) is 12.3. The fourth-order valence-corrected chi connectivity index (χ4v) is 1.41. The molecule has 5 heteroatoms. The van der Waals surface area contributed by atoms with Crippen molar-refractivity contribution in [1.29, 1.82) is 0 Å². The molecule has 0 amide bonds. The van der Waals surface area contributed by atoms with E-state index in [-0.39, 0.29) is 5.69 Å². The largest absolute Gasteiger partial charge is 0.595 e. The van der Waals surface area contributed by atoms with Gasteiger partial charge in [-0.2, -0.15) is 5.23 Å². The monoisotopic (exact) mass is 245 g/mol. The lowest BCUT2D eigenvalue weighted by Crippen LogP contribution is -2.99. The van der Waals surface area contributed by atoms with E-state index >= 15 is 0 Å². The van der Waals surface area contributed by atoms with Crippen LogP contribution in [0.5, 0.6) is 5.75 Å². The predicted octanol–water partition coefficient (Wildman–Crippen LogP) is 1.31. The minimum atomic E-state index is -1.02. The highest BCUT2D eigenvalue weighted by atomic mass is 16.8. The second-order valence-corrected chi connectivity index (χ2v) is 3.59. The zero-order chi connectivity index (χ0) is 13.0. The minimum absolute atomic E-state index is 0.148. The number of hydrogen-bond acceptors (Lipinski definition) is 4. The molecule has 1 atom stereocenters. The molecule has 18 heavy (non-hydrogen) atoms. The molecule has 92 valence electrons. The molecule has 2 aromatic rings. The molecule has 0 aliphatic carbocycles. The van der Waals surface area contributed by atoms with Crippen LogP contribution in [0, 0.1) is 5.21 Å². The van der Waals surface area contributed by atoms with Gasteiger partial charge in [-0.1, -0.05) is 18.2 Å². The Hall–Kier alpha value is -2.21. The summed E-state index contributed by atoms with van der Waals surface area (Å²) in [4.78, 5) is 11.7. The number of esters is 1. The van der Waals surface area contributed by atoms with Gasteiger partial charge in [0.15, 0.2) is 5.69 Å². The molecule has 0 aromatic heterocycles. The fourth-order valence-electron chi connectivity index (χ4n) is 1.41. The topological polar surface area (TPSA) is 74.0 Å². The van der Waals surface area contributed by atoms with E-state index in [4.69, 9.17) is 9.94 Å². The van der Waals surface area contributed by atoms with Crippen LogP contribution in [0.2, 0.25) is 0 Å². The first-order valence-corrected chi connectivity index (χ1v) is 5.27. The Balaban J connectivity index is 2.08. The average Bonchev–Trinajstić information content (AvgIpc) is 2.40. The number of hydrogen-bond donors (Lipinski definition) is 2. The van der Waals surface area contributed by atoms with Crippen LogP contribution in [0.15, 0.2) is 54.6 Å². The average molecular weight is 245 g/mol. The molecule has 0 bridgehead atoms. The van der Waals surface area contributed by atoms with Crippen molar-refractivity contribution >= 4 is 11.7 Å². The van der Waals surface area contributed by atoms with Crippen LogP contribution >= 0.6 is 0 Å². The van der Waals surface area contributed by atoms with Gasteiger partial charge in [-0.15, -0.1) is 0 Å². The third-order valence-electron chi connectivity index (χ3n) is 2.32. The second-order valence-electron chi connectivity index (χ2n) is 3.59. The SMILES string of the molecule is O=C(Oc1ccc([NH+]([O-])O)cc1)c1ccccc1. The number of carbonyl (C=O) groups is 1. The maximum Gasteiger partial charge on any atom is 0.343 e. The van der Waals surface area contributed by atoms with E-state index in [0.29, 0.717) is 11.3 Å². The number of carbonyl (C=O) groups excluding carboxylic acids is 1. The summed E-state index contributed by atoms with van der Waals surface area (Å²) in [5.41, 5.74) is 0.592. The molecule has 0 radical (unpaired) electrons. The Morgan fingerprint density at radius 2 is 1.67 bits per heavy atom. The molecule has 2 rings (SSSR count). The summed E-state index contributed by atoms with van der Waals surface area (Å²) in [5.74, 6) is -0.160. The van der Waals surface area contributed by atoms with E-state index in [2.05, 4.69) is 0 Å². The Morgan fingerprint density at radius 1 is 1.06 bits per heavy atom. The zero-order valence-electron chi connectivity index (χ0n) is 9.37. The first-order valence-electron chi connectivity index (χ1n) is 5.27. The summed E-state index contributed by atoms with van der Waals surface area (Å²) >= 11 is 0. The Bertz CT molecular complexity index is 522. The van der Waals surface area contributed by atoms with Gasteiger partial charge < -0.3 is 9.94 Å². The highest BCUT2D eigenvalue weighted by Crippen LogP contribution is 2.14. The van der Waals surface area contributed by atoms with Crippen molar-refractivity contribution in [3.05, 3.63) is 65.4 Å². The van der Waals surface area contributed by atoms with E-state index in [9.17, 15) is 10.0 Å². The van der Waals surface area contributed by atoms with Crippen molar-refractivity contribution < 1.29 is 20.0 Å². The summed E-state index contributed by atoms with van der Waals surface area (Å²) in [6.45, 7) is 0. The highest BCUT2D eigenvalue weighted by Gasteiger charge is 2.08. The minimum Gasteiger partial charge on any atom is -0.595 e. The van der Waals surface area contributed by atoms with Crippen molar-refractivity contribution in [1.82, 2.24) is 0 Å². The Morgan fingerprint density at radius 3 is 2.22 bits per heavy atom. The fraction of sp³-hybridized carbons (Fsp3) is 0. The molecule has 0 saturated carbocycles. The molecular weight excluding hydrogens is 234 g/mol. The number of quaternary nitrogens is 1. The molecule has 0 heterocycles. The van der Waals surface area contributed by atoms with Gasteiger partial charge in [0.2, 0.25) is 0 Å². The smallest absolute Gasteiger partial charge is 0.343 e. The Labute approximate surface area is 103 Å². The number of benzene rings is 2. The number of ether oxygens (including phenoxy) is 1. The summed E-state index contributed by atoms with van der Waals surface area (Å²) in [6, 6.07) is 14.2. The summed E-state index contributed by atoms with van der Waals surface area (Å²) in [5, 5.41) is 18.4. The molecule has 0 fully saturated rings. The zero-order valence-corrected chi connectivity index (χ0v) is 9.37. The van der Waals surface area contributed by atoms with Gasteiger partial charge in [-0.25, -0.2) is 10.0 Å². The van der Waals surface area contributed by atoms with E-state index in [1.165, 1.54) is 24.3 Å². The molecule has 0 spiro atoms. The third kappa shape index (κ3) is 2.92. The molecule has 0 aliphatic heterocycles. The van der Waals surface area contributed by atoms with Crippen LogP contribution in [-0.2, 0) is 0 Å². The number of rotatable bonds is 3. The lowest BCUT2D eigenvalue weighted by molar-refractivity contribution is -0.991. The Kier molecular flexibility index (Phi) is 3.69. The van der Waals surface area contributed by atoms with Crippen LogP contribution in [0.4, 0.5) is 5.69 Å². The second kappa shape index (κ2) is 5.42. The lowest BCUT2D eigenvalue weighted by atomic mass is 10.2. The van der Waals surface area contributed by atoms with E-state index in [1.54, 1.807) is 30.3 Å². The molecular formula is C13H11NO4. The lowest BCUT2D eigenvalue weighted by Gasteiger charge is -2.11. The van der Waals surface area contributed by atoms with Crippen LogP contribution in [-0.4, -0.2) is 11.2 Å². The molecule has 0 aliphatic rings. The van der Waals surface area contributed by atoms with Crippen molar-refractivity contribution in [2.45, 2.75) is 0 Å². The standard InChI is InChI=1S/C13H11NO4/c15-13(10-4-2-1-3-5-10)18-12-8-6-11(7-9-12)14(16)17/h1-9,14,16H. The van der Waals surface area contributed by atoms with Crippen molar-refractivity contribution in [2.75, 3.05) is 0 Å². The maximum absolute atomic E-state index is 11.7. The molecule has 1 unspecified atom stereocenters. The van der Waals surface area contributed by atoms with Gasteiger partial charge in [0.25, 0.3) is 0 Å². The van der Waals surface area contributed by atoms with E-state index < -0.39 is 11.2 Å². The summed E-state index contributed by atoms with van der Waals surface area (Å²) < 4.78 is 5.10. The third-order valence-corrected chi connectivity index (χ3v) is 2.32. The first-order chi connectivity index (χ1) is 8.66. The normalized spacial score (nSPS) is 11.9. The molecule has 2 aromatic carbocycles. The van der Waals surface area contributed by atoms with Crippen LogP contribution in [0.1, 0.15) is 10.4 Å². The van der Waals surface area contributed by atoms with Crippen molar-refractivity contribution in [3.63, 3.8) is 0 Å². The summed E-state index contributed by atoms with van der Waals surface area (Å²) in [7, 11) is 0. The molecule has 5 nitrogen and oxygen atoms in total. The van der Waals surface area contributed by atoms with E-state index in [0.717, 1.165) is 0 Å². The maximum atomic E-state index is 11.7. The quantitative estimate of drug-likeness (QED) is 0.485. The van der Waals surface area contributed by atoms with Crippen molar-refractivity contribution in [3.8, 4) is 5.75 Å². The molecule has 2 N–H and O–H groups in total. The van der Waals surface area contributed by atoms with Gasteiger partial charge in [-0.05, 0) is 24.3 Å². The van der Waals surface area contributed by atoms with Crippen LogP contribution < -0.4 is 9.96 Å². The van der Waals surface area contributed by atoms with Gasteiger partial charge in [0, 0.05) is 12.1 Å². The summed E-state index contributed by atoms with van der Waals surface area (Å²) in [6.07, 6.45) is 0. The van der Waals surface area contributed by atoms with Gasteiger partial charge >= 0.3 is 5.97 Å². The van der Waals surface area contributed by atoms with Crippen molar-refractivity contribution in [2.24, 2.45) is 0 Å². The molecule has 0 saturated heterocycles. The van der Waals surface area contributed by atoms with E-state index in [1.807, 2.05) is 0 Å². The number of nitrogens with one attached hydrogen (secondary N) is 1. The highest BCUT2D eigenvalue weighted by molar-refractivity contribution is 5.90. The van der Waals surface area contributed by atoms with Gasteiger partial charge in [0.05, 0.1) is 5.56 Å². The van der Waals surface area contributed by atoms with Crippen LogP contribution in [0.3, 0.4) is 0 Å². The van der Waals surface area contributed by atoms with Crippen LogP contribution in [0.25, 0.3) is 0 Å². The van der Waals surface area contributed by atoms with Gasteiger partial charge in [-0.3, -0.25) is 0 Å². The van der Waals surface area contributed by atoms with Gasteiger partial charge in [0.1, 0.15) is 5.75 Å².